The Morgan fingerprint density at radius 3 is 2.71 bits per heavy atom. The molecule has 1 fully saturated rings. The van der Waals surface area contributed by atoms with Crippen LogP contribution < -0.4 is 10.6 Å². The second-order valence-electron chi connectivity index (χ2n) is 6.29. The van der Waals surface area contributed by atoms with Gasteiger partial charge in [0.25, 0.3) is 5.91 Å². The van der Waals surface area contributed by atoms with E-state index in [2.05, 4.69) is 20.8 Å². The van der Waals surface area contributed by atoms with Crippen LogP contribution in [0.5, 0.6) is 0 Å². The van der Waals surface area contributed by atoms with E-state index in [0.717, 1.165) is 49.8 Å². The molecular weight excluding hydrogens is 308 g/mol. The fourth-order valence-corrected chi connectivity index (χ4v) is 2.87. The van der Waals surface area contributed by atoms with Crippen molar-refractivity contribution in [2.45, 2.75) is 38.5 Å². The number of fused-ring (bicyclic) bond motifs is 1. The molecule has 2 heterocycles. The van der Waals surface area contributed by atoms with Crippen LogP contribution >= 0.6 is 0 Å². The van der Waals surface area contributed by atoms with Crippen molar-refractivity contribution in [1.29, 1.82) is 0 Å². The Morgan fingerprint density at radius 2 is 1.96 bits per heavy atom. The highest BCUT2D eigenvalue weighted by Gasteiger charge is 2.29. The van der Waals surface area contributed by atoms with Crippen molar-refractivity contribution >= 4 is 23.3 Å². The first-order valence-electron chi connectivity index (χ1n) is 8.26. The van der Waals surface area contributed by atoms with Crippen LogP contribution in [0.3, 0.4) is 0 Å². The van der Waals surface area contributed by atoms with Gasteiger partial charge in [0.15, 0.2) is 5.69 Å². The summed E-state index contributed by atoms with van der Waals surface area (Å²) in [5, 5.41) is 9.45. The van der Waals surface area contributed by atoms with Crippen molar-refractivity contribution in [2.75, 3.05) is 10.6 Å². The van der Waals surface area contributed by atoms with Crippen molar-refractivity contribution in [3.05, 3.63) is 35.3 Å². The summed E-state index contributed by atoms with van der Waals surface area (Å²) in [6, 6.07) is 3.38. The van der Waals surface area contributed by atoms with Crippen molar-refractivity contribution in [3.8, 4) is 0 Å². The fourth-order valence-electron chi connectivity index (χ4n) is 2.87. The summed E-state index contributed by atoms with van der Waals surface area (Å²) in [7, 11) is 0. The molecule has 1 saturated carbocycles. The number of carbonyl (C=O) groups is 2. The molecule has 2 aliphatic rings. The largest absolute Gasteiger partial charge is 0.360 e. The van der Waals surface area contributed by atoms with Gasteiger partial charge >= 0.3 is 0 Å². The summed E-state index contributed by atoms with van der Waals surface area (Å²) in [4.78, 5) is 28.2. The molecule has 4 rings (SSSR count). The van der Waals surface area contributed by atoms with Gasteiger partial charge in [-0.3, -0.25) is 9.59 Å². The predicted octanol–water partition coefficient (Wildman–Crippen LogP) is 2.55. The number of carbonyl (C=O) groups excluding carboxylic acids is 2. The third-order valence-electron chi connectivity index (χ3n) is 4.39. The Labute approximate surface area is 138 Å². The number of aryl methyl sites for hydroxylation is 1. The molecule has 124 valence electrons. The second kappa shape index (κ2) is 6.07. The second-order valence-corrected chi connectivity index (χ2v) is 6.29. The van der Waals surface area contributed by atoms with E-state index in [-0.39, 0.29) is 17.7 Å². The molecule has 0 unspecified atom stereocenters. The molecule has 0 bridgehead atoms. The normalized spacial score (nSPS) is 16.3. The van der Waals surface area contributed by atoms with E-state index >= 15 is 0 Å². The van der Waals surface area contributed by atoms with Gasteiger partial charge < -0.3 is 15.2 Å². The molecule has 2 aromatic rings. The number of aromatic nitrogens is 2. The molecule has 0 spiro atoms. The minimum absolute atomic E-state index is 0.00788. The molecule has 2 amide bonds. The number of rotatable bonds is 4. The topological polar surface area (TPSA) is 97.1 Å². The van der Waals surface area contributed by atoms with Crippen LogP contribution in [-0.4, -0.2) is 22.0 Å². The molecule has 0 radical (unpaired) electrons. The zero-order valence-corrected chi connectivity index (χ0v) is 13.2. The lowest BCUT2D eigenvalue weighted by atomic mass is 9.96. The molecule has 0 saturated heterocycles. The van der Waals surface area contributed by atoms with E-state index < -0.39 is 0 Å². The Kier molecular flexibility index (Phi) is 3.76. The minimum Gasteiger partial charge on any atom is -0.360 e. The number of nitrogens with zero attached hydrogens (tertiary/aromatic N) is 2. The highest BCUT2D eigenvalue weighted by molar-refractivity contribution is 6.04. The molecular formula is C17H18N4O3. The van der Waals surface area contributed by atoms with Crippen molar-refractivity contribution < 1.29 is 14.1 Å². The van der Waals surface area contributed by atoms with Crippen molar-refractivity contribution in [2.24, 2.45) is 5.92 Å². The highest BCUT2D eigenvalue weighted by atomic mass is 16.5. The van der Waals surface area contributed by atoms with Gasteiger partial charge in [-0.15, -0.1) is 0 Å². The summed E-state index contributed by atoms with van der Waals surface area (Å²) in [5.74, 6) is 1.16. The van der Waals surface area contributed by atoms with Crippen LogP contribution in [0.25, 0.3) is 0 Å². The smallest absolute Gasteiger partial charge is 0.278 e. The number of hydrogen-bond acceptors (Lipinski definition) is 5. The van der Waals surface area contributed by atoms with Gasteiger partial charge in [0.1, 0.15) is 11.6 Å². The molecule has 7 nitrogen and oxygen atoms in total. The lowest BCUT2D eigenvalue weighted by Crippen LogP contribution is -2.16. The molecule has 24 heavy (non-hydrogen) atoms. The maximum atomic E-state index is 12.4. The van der Waals surface area contributed by atoms with Gasteiger partial charge in [-0.05, 0) is 44.2 Å². The molecule has 0 aromatic carbocycles. The number of pyridine rings is 1. The summed E-state index contributed by atoms with van der Waals surface area (Å²) in [6.45, 7) is 0. The third kappa shape index (κ3) is 3.02. The van der Waals surface area contributed by atoms with Gasteiger partial charge in [-0.1, -0.05) is 5.16 Å². The Balaban J connectivity index is 1.42. The summed E-state index contributed by atoms with van der Waals surface area (Å²) in [5.41, 5.74) is 1.83. The van der Waals surface area contributed by atoms with Crippen LogP contribution in [0.15, 0.2) is 22.9 Å². The van der Waals surface area contributed by atoms with Gasteiger partial charge in [0.05, 0.1) is 11.9 Å². The number of amides is 2. The van der Waals surface area contributed by atoms with Crippen LogP contribution in [0.2, 0.25) is 0 Å². The van der Waals surface area contributed by atoms with Crippen molar-refractivity contribution in [1.82, 2.24) is 10.1 Å². The molecule has 2 N–H and O–H groups in total. The van der Waals surface area contributed by atoms with E-state index in [1.54, 1.807) is 12.1 Å². The van der Waals surface area contributed by atoms with Crippen LogP contribution in [0.4, 0.5) is 11.5 Å². The van der Waals surface area contributed by atoms with Gasteiger partial charge in [-0.25, -0.2) is 4.98 Å². The Morgan fingerprint density at radius 1 is 1.12 bits per heavy atom. The lowest BCUT2D eigenvalue weighted by molar-refractivity contribution is -0.117. The summed E-state index contributed by atoms with van der Waals surface area (Å²) in [6.07, 6.45) is 7.20. The third-order valence-corrected chi connectivity index (χ3v) is 4.39. The maximum Gasteiger partial charge on any atom is 0.278 e. The van der Waals surface area contributed by atoms with Crippen LogP contribution in [0, 0.1) is 5.92 Å². The Bertz CT molecular complexity index is 778. The molecule has 0 atom stereocenters. The standard InChI is InChI=1S/C17H18N4O3/c22-16(10-5-6-10)20-14-8-7-11(9-18-14)19-17(23)15-12-3-1-2-4-13(12)24-21-15/h7-10H,1-6H2,(H,19,23)(H,18,20,22). The highest BCUT2D eigenvalue weighted by Crippen LogP contribution is 2.30. The molecule has 7 heteroatoms. The van der Waals surface area contributed by atoms with E-state index in [1.165, 1.54) is 6.20 Å². The van der Waals surface area contributed by atoms with Crippen molar-refractivity contribution in [3.63, 3.8) is 0 Å². The van der Waals surface area contributed by atoms with E-state index in [4.69, 9.17) is 4.52 Å². The first kappa shape index (κ1) is 14.9. The Hall–Kier alpha value is -2.70. The first-order valence-corrected chi connectivity index (χ1v) is 8.26. The van der Waals surface area contributed by atoms with Crippen LogP contribution in [0.1, 0.15) is 47.5 Å². The first-order chi connectivity index (χ1) is 11.7. The summed E-state index contributed by atoms with van der Waals surface area (Å²) < 4.78 is 5.26. The zero-order valence-electron chi connectivity index (χ0n) is 13.2. The van der Waals surface area contributed by atoms with Crippen LogP contribution in [-0.2, 0) is 17.6 Å². The lowest BCUT2D eigenvalue weighted by Gasteiger charge is -2.09. The van der Waals surface area contributed by atoms with Gasteiger partial charge in [0, 0.05) is 17.9 Å². The van der Waals surface area contributed by atoms with Gasteiger partial charge in [0.2, 0.25) is 5.91 Å². The zero-order chi connectivity index (χ0) is 16.5. The quantitative estimate of drug-likeness (QED) is 0.900. The maximum absolute atomic E-state index is 12.4. The van der Waals surface area contributed by atoms with E-state index in [9.17, 15) is 9.59 Å². The van der Waals surface area contributed by atoms with E-state index in [0.29, 0.717) is 17.2 Å². The average molecular weight is 326 g/mol. The monoisotopic (exact) mass is 326 g/mol. The predicted molar refractivity (Wildman–Crippen MR) is 86.7 cm³/mol. The molecule has 2 aliphatic carbocycles. The number of anilines is 2. The molecule has 0 aliphatic heterocycles. The fraction of sp³-hybridized carbons (Fsp3) is 0.412. The SMILES string of the molecule is O=C(Nc1ccc(NC(=O)C2CC2)nc1)c1noc2c1CCCC2. The summed E-state index contributed by atoms with van der Waals surface area (Å²) >= 11 is 0. The average Bonchev–Trinajstić information content (AvgIpc) is 3.36. The van der Waals surface area contributed by atoms with Gasteiger partial charge in [-0.2, -0.15) is 0 Å². The van der Waals surface area contributed by atoms with E-state index in [1.807, 2.05) is 0 Å². The number of hydrogen-bond donors (Lipinski definition) is 2. The number of nitrogens with one attached hydrogen (secondary N) is 2. The minimum atomic E-state index is -0.293. The molecule has 2 aromatic heterocycles.